The van der Waals surface area contributed by atoms with E-state index in [9.17, 15) is 4.79 Å². The fourth-order valence-corrected chi connectivity index (χ4v) is 1.79. The van der Waals surface area contributed by atoms with Gasteiger partial charge in [0.05, 0.1) is 23.8 Å². The number of rotatable bonds is 2. The lowest BCUT2D eigenvalue weighted by Gasteiger charge is -2.09. The molecule has 0 unspecified atom stereocenters. The molecule has 0 aliphatic rings. The molecule has 2 aromatic rings. The summed E-state index contributed by atoms with van der Waals surface area (Å²) in [4.78, 5) is 17.0. The van der Waals surface area contributed by atoms with Crippen molar-refractivity contribution in [1.29, 1.82) is 0 Å². The lowest BCUT2D eigenvalue weighted by atomic mass is 10.3. The number of halogens is 1. The van der Waals surface area contributed by atoms with E-state index in [0.717, 1.165) is 10.2 Å². The highest BCUT2D eigenvalue weighted by molar-refractivity contribution is 9.10. The number of nitrogens with zero attached hydrogens (tertiary/aromatic N) is 6. The van der Waals surface area contributed by atoms with Crippen molar-refractivity contribution in [2.75, 3.05) is 0 Å². The van der Waals surface area contributed by atoms with E-state index in [1.54, 1.807) is 14.0 Å². The second kappa shape index (κ2) is 4.36. The smallest absolute Gasteiger partial charge is 0.288 e. The molecule has 2 rings (SSSR count). The van der Waals surface area contributed by atoms with Gasteiger partial charge in [-0.2, -0.15) is 9.78 Å². The van der Waals surface area contributed by atoms with Gasteiger partial charge in [-0.15, -0.1) is 10.2 Å². The Balaban J connectivity index is 2.46. The molecule has 0 spiro atoms. The number of hydrogen-bond acceptors (Lipinski definition) is 5. The first-order valence-electron chi connectivity index (χ1n) is 4.95. The van der Waals surface area contributed by atoms with Crippen LogP contribution in [0, 0.1) is 13.8 Å². The minimum absolute atomic E-state index is 0.268. The van der Waals surface area contributed by atoms with E-state index in [0.29, 0.717) is 11.5 Å². The van der Waals surface area contributed by atoms with Gasteiger partial charge in [0.25, 0.3) is 0 Å². The second-order valence-electron chi connectivity index (χ2n) is 3.66. The van der Waals surface area contributed by atoms with Gasteiger partial charge in [-0.1, -0.05) is 0 Å². The molecule has 0 N–H and O–H groups in total. The van der Waals surface area contributed by atoms with Crippen molar-refractivity contribution in [3.05, 3.63) is 32.2 Å². The molecule has 7 nitrogen and oxygen atoms in total. The minimum Gasteiger partial charge on any atom is -0.288 e. The fraction of sp³-hybridized carbons (Fsp3) is 0.444. The third kappa shape index (κ3) is 2.26. The predicted octanol–water partition coefficient (Wildman–Crippen LogP) is 0.194. The standard InChI is InChI=1S/C9H11BrN6O/c1-5-8(10)6(2)16(9(17)11-5)4-7-12-14-15(3)13-7/h4H2,1-3H3. The van der Waals surface area contributed by atoms with Crippen molar-refractivity contribution in [3.63, 3.8) is 0 Å². The molecule has 0 atom stereocenters. The SMILES string of the molecule is Cc1nc(=O)n(Cc2nnn(C)n2)c(C)c1Br. The Labute approximate surface area is 106 Å². The zero-order valence-electron chi connectivity index (χ0n) is 9.68. The average Bonchev–Trinajstić information content (AvgIpc) is 2.67. The molecule has 0 aliphatic heterocycles. The quantitative estimate of drug-likeness (QED) is 0.791. The van der Waals surface area contributed by atoms with Crippen LogP contribution in [0.5, 0.6) is 0 Å². The van der Waals surface area contributed by atoms with Crippen LogP contribution < -0.4 is 5.69 Å². The molecule has 8 heteroatoms. The summed E-state index contributed by atoms with van der Waals surface area (Å²) < 4.78 is 2.33. The maximum absolute atomic E-state index is 11.8. The van der Waals surface area contributed by atoms with Gasteiger partial charge < -0.3 is 0 Å². The summed E-state index contributed by atoms with van der Waals surface area (Å²) in [5.41, 5.74) is 1.17. The van der Waals surface area contributed by atoms with Crippen LogP contribution in [0.3, 0.4) is 0 Å². The fourth-order valence-electron chi connectivity index (χ4n) is 1.49. The first kappa shape index (κ1) is 11.9. The third-order valence-corrected chi connectivity index (χ3v) is 3.53. The van der Waals surface area contributed by atoms with Gasteiger partial charge in [0.1, 0.15) is 0 Å². The first-order valence-corrected chi connectivity index (χ1v) is 5.74. The minimum atomic E-state index is -0.310. The molecule has 17 heavy (non-hydrogen) atoms. The molecule has 0 radical (unpaired) electrons. The van der Waals surface area contributed by atoms with Crippen molar-refractivity contribution in [2.45, 2.75) is 20.4 Å². The van der Waals surface area contributed by atoms with Gasteiger partial charge in [-0.25, -0.2) is 4.79 Å². The molecule has 2 aromatic heterocycles. The molecule has 0 fully saturated rings. The van der Waals surface area contributed by atoms with Gasteiger partial charge in [0, 0.05) is 5.69 Å². The van der Waals surface area contributed by atoms with Crippen LogP contribution in [-0.2, 0) is 13.6 Å². The third-order valence-electron chi connectivity index (χ3n) is 2.38. The Kier molecular flexibility index (Phi) is 3.05. The van der Waals surface area contributed by atoms with E-state index in [1.807, 2.05) is 6.92 Å². The van der Waals surface area contributed by atoms with E-state index in [4.69, 9.17) is 0 Å². The summed E-state index contributed by atoms with van der Waals surface area (Å²) in [7, 11) is 1.68. The summed E-state index contributed by atoms with van der Waals surface area (Å²) in [5.74, 6) is 0.482. The second-order valence-corrected chi connectivity index (χ2v) is 4.45. The summed E-state index contributed by atoms with van der Waals surface area (Å²) in [6.45, 7) is 3.89. The van der Waals surface area contributed by atoms with Crippen LogP contribution in [0.25, 0.3) is 0 Å². The lowest BCUT2D eigenvalue weighted by molar-refractivity contribution is 0.619. The van der Waals surface area contributed by atoms with Crippen molar-refractivity contribution >= 4 is 15.9 Å². The van der Waals surface area contributed by atoms with E-state index < -0.39 is 0 Å². The summed E-state index contributed by atoms with van der Waals surface area (Å²) in [6, 6.07) is 0. The Morgan fingerprint density at radius 2 is 2.06 bits per heavy atom. The number of aryl methyl sites for hydroxylation is 2. The van der Waals surface area contributed by atoms with Crippen LogP contribution in [-0.4, -0.2) is 29.8 Å². The van der Waals surface area contributed by atoms with Crippen LogP contribution in [0.1, 0.15) is 17.2 Å². The number of tetrazole rings is 1. The molecular weight excluding hydrogens is 288 g/mol. The molecule has 0 amide bonds. The van der Waals surface area contributed by atoms with E-state index in [-0.39, 0.29) is 12.2 Å². The molecular formula is C9H11BrN6O. The molecule has 90 valence electrons. The van der Waals surface area contributed by atoms with Crippen LogP contribution in [0.4, 0.5) is 0 Å². The van der Waals surface area contributed by atoms with Gasteiger partial charge >= 0.3 is 5.69 Å². The maximum Gasteiger partial charge on any atom is 0.348 e. The first-order chi connectivity index (χ1) is 7.99. The predicted molar refractivity (Wildman–Crippen MR) is 63.6 cm³/mol. The zero-order chi connectivity index (χ0) is 12.6. The molecule has 0 aromatic carbocycles. The lowest BCUT2D eigenvalue weighted by Crippen LogP contribution is -2.27. The summed E-state index contributed by atoms with van der Waals surface area (Å²) in [5, 5.41) is 11.6. The molecule has 0 saturated heterocycles. The number of aromatic nitrogens is 6. The molecule has 0 bridgehead atoms. The highest BCUT2D eigenvalue weighted by Crippen LogP contribution is 2.16. The van der Waals surface area contributed by atoms with Crippen LogP contribution in [0.15, 0.2) is 9.27 Å². The van der Waals surface area contributed by atoms with Crippen molar-refractivity contribution < 1.29 is 0 Å². The van der Waals surface area contributed by atoms with Gasteiger partial charge in [0.2, 0.25) is 0 Å². The van der Waals surface area contributed by atoms with Gasteiger partial charge in [0.15, 0.2) is 5.82 Å². The van der Waals surface area contributed by atoms with Crippen molar-refractivity contribution in [2.24, 2.45) is 7.05 Å². The van der Waals surface area contributed by atoms with Crippen LogP contribution in [0.2, 0.25) is 0 Å². The highest BCUT2D eigenvalue weighted by Gasteiger charge is 2.11. The van der Waals surface area contributed by atoms with Crippen molar-refractivity contribution in [3.8, 4) is 0 Å². The van der Waals surface area contributed by atoms with E-state index in [2.05, 4.69) is 36.3 Å². The Morgan fingerprint density at radius 3 is 2.65 bits per heavy atom. The summed E-state index contributed by atoms with van der Waals surface area (Å²) in [6.07, 6.45) is 0. The van der Waals surface area contributed by atoms with E-state index in [1.165, 1.54) is 9.36 Å². The van der Waals surface area contributed by atoms with Gasteiger partial charge in [-0.3, -0.25) is 4.57 Å². The largest absolute Gasteiger partial charge is 0.348 e. The maximum atomic E-state index is 11.8. The highest BCUT2D eigenvalue weighted by atomic mass is 79.9. The Hall–Kier alpha value is -1.57. The van der Waals surface area contributed by atoms with E-state index >= 15 is 0 Å². The normalized spacial score (nSPS) is 10.8. The van der Waals surface area contributed by atoms with Gasteiger partial charge in [-0.05, 0) is 35.0 Å². The summed E-state index contributed by atoms with van der Waals surface area (Å²) >= 11 is 3.40. The monoisotopic (exact) mass is 298 g/mol. The zero-order valence-corrected chi connectivity index (χ0v) is 11.3. The Morgan fingerprint density at radius 1 is 1.35 bits per heavy atom. The number of hydrogen-bond donors (Lipinski definition) is 0. The average molecular weight is 299 g/mol. The molecule has 0 aliphatic carbocycles. The van der Waals surface area contributed by atoms with Crippen molar-refractivity contribution in [1.82, 2.24) is 29.8 Å². The van der Waals surface area contributed by atoms with Crippen LogP contribution >= 0.6 is 15.9 Å². The topological polar surface area (TPSA) is 78.5 Å². The molecule has 2 heterocycles. The molecule has 0 saturated carbocycles. The Bertz CT molecular complexity index is 616.